The highest BCUT2D eigenvalue weighted by molar-refractivity contribution is 7.14. The molecule has 2 N–H and O–H groups in total. The Labute approximate surface area is 170 Å². The van der Waals surface area contributed by atoms with Crippen molar-refractivity contribution in [3.63, 3.8) is 0 Å². The molecular formula is C20H18N2O6S. The maximum Gasteiger partial charge on any atom is 0.338 e. The van der Waals surface area contributed by atoms with Crippen molar-refractivity contribution in [3.8, 4) is 28.5 Å². The largest absolute Gasteiger partial charge is 0.508 e. The molecule has 3 aromatic rings. The monoisotopic (exact) mass is 414 g/mol. The molecule has 0 radical (unpaired) electrons. The fourth-order valence-corrected chi connectivity index (χ4v) is 3.16. The average molecular weight is 414 g/mol. The molecule has 0 aliphatic rings. The number of phenolic OH excluding ortho intramolecular Hbond substituents is 1. The summed E-state index contributed by atoms with van der Waals surface area (Å²) in [5.41, 5.74) is 1.70. The van der Waals surface area contributed by atoms with Crippen molar-refractivity contribution in [3.05, 3.63) is 53.4 Å². The number of rotatable bonds is 7. The van der Waals surface area contributed by atoms with Crippen LogP contribution in [0.5, 0.6) is 17.2 Å². The number of anilines is 1. The number of thiazole rings is 1. The SMILES string of the molecule is COc1ccc(-c2csc(NC(=O)COC(=O)c3ccc(O)cc3)n2)cc1OC. The summed E-state index contributed by atoms with van der Waals surface area (Å²) in [4.78, 5) is 28.3. The van der Waals surface area contributed by atoms with Crippen LogP contribution in [-0.4, -0.2) is 42.8 Å². The van der Waals surface area contributed by atoms with Gasteiger partial charge in [0.05, 0.1) is 25.5 Å². The minimum atomic E-state index is -0.662. The molecule has 0 unspecified atom stereocenters. The second-order valence-corrected chi connectivity index (χ2v) is 6.64. The molecule has 1 aromatic heterocycles. The number of phenols is 1. The number of carbonyl (C=O) groups is 2. The van der Waals surface area contributed by atoms with Gasteiger partial charge in [0.1, 0.15) is 5.75 Å². The van der Waals surface area contributed by atoms with Crippen LogP contribution in [0.2, 0.25) is 0 Å². The summed E-state index contributed by atoms with van der Waals surface area (Å²) < 4.78 is 15.5. The fourth-order valence-electron chi connectivity index (χ4n) is 2.43. The number of carbonyl (C=O) groups excluding carboxylic acids is 2. The first-order valence-corrected chi connectivity index (χ1v) is 9.32. The minimum Gasteiger partial charge on any atom is -0.508 e. The van der Waals surface area contributed by atoms with E-state index in [0.29, 0.717) is 22.3 Å². The molecule has 8 nitrogen and oxygen atoms in total. The third-order valence-electron chi connectivity index (χ3n) is 3.87. The minimum absolute atomic E-state index is 0.0355. The maximum absolute atomic E-state index is 12.0. The molecule has 0 saturated heterocycles. The van der Waals surface area contributed by atoms with E-state index >= 15 is 0 Å². The molecule has 0 saturated carbocycles. The first kappa shape index (κ1) is 20.2. The Hall–Kier alpha value is -3.59. The normalized spacial score (nSPS) is 10.3. The molecule has 1 heterocycles. The van der Waals surface area contributed by atoms with Crippen molar-refractivity contribution in [2.75, 3.05) is 26.1 Å². The lowest BCUT2D eigenvalue weighted by Crippen LogP contribution is -2.20. The van der Waals surface area contributed by atoms with Gasteiger partial charge < -0.3 is 19.3 Å². The highest BCUT2D eigenvalue weighted by Gasteiger charge is 2.13. The summed E-state index contributed by atoms with van der Waals surface area (Å²) in [5.74, 6) is 0.0455. The smallest absolute Gasteiger partial charge is 0.338 e. The summed E-state index contributed by atoms with van der Waals surface area (Å²) >= 11 is 1.24. The van der Waals surface area contributed by atoms with E-state index in [-0.39, 0.29) is 11.3 Å². The maximum atomic E-state index is 12.0. The van der Waals surface area contributed by atoms with Gasteiger partial charge in [-0.3, -0.25) is 10.1 Å². The first-order chi connectivity index (χ1) is 14.0. The van der Waals surface area contributed by atoms with Gasteiger partial charge in [0, 0.05) is 10.9 Å². The molecule has 0 atom stereocenters. The average Bonchev–Trinajstić information content (AvgIpc) is 3.20. The Morgan fingerprint density at radius 1 is 1.07 bits per heavy atom. The Morgan fingerprint density at radius 2 is 1.79 bits per heavy atom. The first-order valence-electron chi connectivity index (χ1n) is 8.44. The topological polar surface area (TPSA) is 107 Å². The van der Waals surface area contributed by atoms with E-state index in [1.165, 1.54) is 35.6 Å². The molecule has 0 aliphatic carbocycles. The second kappa shape index (κ2) is 9.07. The van der Waals surface area contributed by atoms with Crippen LogP contribution in [0.15, 0.2) is 47.8 Å². The van der Waals surface area contributed by atoms with Crippen LogP contribution in [0.3, 0.4) is 0 Å². The van der Waals surface area contributed by atoms with Crippen LogP contribution in [-0.2, 0) is 9.53 Å². The number of nitrogens with one attached hydrogen (secondary N) is 1. The van der Waals surface area contributed by atoms with Crippen LogP contribution in [0.4, 0.5) is 5.13 Å². The van der Waals surface area contributed by atoms with Gasteiger partial charge >= 0.3 is 5.97 Å². The number of hydrogen-bond donors (Lipinski definition) is 2. The third kappa shape index (κ3) is 5.02. The predicted molar refractivity (Wildman–Crippen MR) is 108 cm³/mol. The second-order valence-electron chi connectivity index (χ2n) is 5.78. The number of methoxy groups -OCH3 is 2. The van der Waals surface area contributed by atoms with E-state index in [0.717, 1.165) is 5.56 Å². The molecule has 150 valence electrons. The van der Waals surface area contributed by atoms with Gasteiger partial charge in [-0.05, 0) is 42.5 Å². The number of aromatic hydroxyl groups is 1. The molecule has 29 heavy (non-hydrogen) atoms. The summed E-state index contributed by atoms with van der Waals surface area (Å²) in [6.07, 6.45) is 0. The number of nitrogens with zero attached hydrogens (tertiary/aromatic N) is 1. The Kier molecular flexibility index (Phi) is 6.30. The predicted octanol–water partition coefficient (Wildman–Crippen LogP) is 3.33. The number of hydrogen-bond acceptors (Lipinski definition) is 8. The van der Waals surface area contributed by atoms with E-state index in [4.69, 9.17) is 14.2 Å². The van der Waals surface area contributed by atoms with E-state index in [1.54, 1.807) is 31.7 Å². The summed E-state index contributed by atoms with van der Waals surface area (Å²) in [6.45, 7) is -0.453. The van der Waals surface area contributed by atoms with Crippen LogP contribution in [0, 0.1) is 0 Å². The lowest BCUT2D eigenvalue weighted by Gasteiger charge is -2.08. The van der Waals surface area contributed by atoms with Gasteiger partial charge in [-0.15, -0.1) is 11.3 Å². The van der Waals surface area contributed by atoms with Gasteiger partial charge in [-0.2, -0.15) is 0 Å². The van der Waals surface area contributed by atoms with Crippen molar-refractivity contribution in [2.45, 2.75) is 0 Å². The Balaban J connectivity index is 1.59. The number of benzene rings is 2. The van der Waals surface area contributed by atoms with Crippen molar-refractivity contribution in [2.24, 2.45) is 0 Å². The van der Waals surface area contributed by atoms with Crippen molar-refractivity contribution < 1.29 is 28.9 Å². The van der Waals surface area contributed by atoms with Crippen molar-refractivity contribution in [1.82, 2.24) is 4.98 Å². The summed E-state index contributed by atoms with van der Waals surface area (Å²) in [7, 11) is 3.11. The van der Waals surface area contributed by atoms with Crippen LogP contribution in [0.25, 0.3) is 11.3 Å². The van der Waals surface area contributed by atoms with Gasteiger partial charge in [0.15, 0.2) is 23.2 Å². The van der Waals surface area contributed by atoms with E-state index in [2.05, 4.69) is 10.3 Å². The highest BCUT2D eigenvalue weighted by Crippen LogP contribution is 2.33. The Bertz CT molecular complexity index is 1020. The molecule has 9 heteroatoms. The van der Waals surface area contributed by atoms with Gasteiger partial charge in [0.2, 0.25) is 0 Å². The van der Waals surface area contributed by atoms with E-state index < -0.39 is 18.5 Å². The number of amides is 1. The molecule has 0 fully saturated rings. The lowest BCUT2D eigenvalue weighted by molar-refractivity contribution is -0.119. The van der Waals surface area contributed by atoms with Gasteiger partial charge in [0.25, 0.3) is 5.91 Å². The molecule has 2 aromatic carbocycles. The van der Waals surface area contributed by atoms with E-state index in [1.807, 2.05) is 6.07 Å². The van der Waals surface area contributed by atoms with Crippen molar-refractivity contribution >= 4 is 28.3 Å². The zero-order valence-corrected chi connectivity index (χ0v) is 16.5. The quantitative estimate of drug-likeness (QED) is 0.571. The van der Waals surface area contributed by atoms with Crippen LogP contribution >= 0.6 is 11.3 Å². The van der Waals surface area contributed by atoms with Crippen LogP contribution < -0.4 is 14.8 Å². The van der Waals surface area contributed by atoms with Gasteiger partial charge in [-0.1, -0.05) is 0 Å². The summed E-state index contributed by atoms with van der Waals surface area (Å²) in [6, 6.07) is 10.9. The lowest BCUT2D eigenvalue weighted by atomic mass is 10.1. The fraction of sp³-hybridized carbons (Fsp3) is 0.150. The van der Waals surface area contributed by atoms with Crippen LogP contribution in [0.1, 0.15) is 10.4 Å². The highest BCUT2D eigenvalue weighted by atomic mass is 32.1. The number of esters is 1. The standard InChI is InChI=1S/C20H18N2O6S/c1-26-16-8-5-13(9-17(16)27-2)15-11-29-20(21-15)22-18(24)10-28-19(25)12-3-6-14(23)7-4-12/h3-9,11,23H,10H2,1-2H3,(H,21,22,24). The molecule has 0 aliphatic heterocycles. The molecule has 0 bridgehead atoms. The zero-order chi connectivity index (χ0) is 20.8. The van der Waals surface area contributed by atoms with Crippen molar-refractivity contribution in [1.29, 1.82) is 0 Å². The zero-order valence-electron chi connectivity index (χ0n) is 15.7. The van der Waals surface area contributed by atoms with E-state index in [9.17, 15) is 14.7 Å². The number of ether oxygens (including phenoxy) is 3. The van der Waals surface area contributed by atoms with Gasteiger partial charge in [-0.25, -0.2) is 9.78 Å². The summed E-state index contributed by atoms with van der Waals surface area (Å²) in [5, 5.41) is 14.0. The third-order valence-corrected chi connectivity index (χ3v) is 4.62. The molecule has 3 rings (SSSR count). The molecule has 1 amide bonds. The Morgan fingerprint density at radius 3 is 2.48 bits per heavy atom. The number of aromatic nitrogens is 1. The molecule has 0 spiro atoms. The molecular weight excluding hydrogens is 396 g/mol.